The van der Waals surface area contributed by atoms with Crippen molar-refractivity contribution in [1.82, 2.24) is 9.97 Å². The average Bonchev–Trinajstić information content (AvgIpc) is 3.44. The Morgan fingerprint density at radius 3 is 2.50 bits per heavy atom. The number of non-ortho nitro benzene ring substituents is 1. The van der Waals surface area contributed by atoms with Gasteiger partial charge in [-0.05, 0) is 12.1 Å². The first-order valence-electron chi connectivity index (χ1n) is 9.08. The Morgan fingerprint density at radius 1 is 1.09 bits per heavy atom. The van der Waals surface area contributed by atoms with E-state index in [-0.39, 0.29) is 32.3 Å². The number of nitro groups is 1. The predicted molar refractivity (Wildman–Crippen MR) is 121 cm³/mol. The van der Waals surface area contributed by atoms with Crippen LogP contribution >= 0.6 is 22.7 Å². The van der Waals surface area contributed by atoms with Gasteiger partial charge in [0.05, 0.1) is 28.1 Å². The van der Waals surface area contributed by atoms with Gasteiger partial charge in [0.15, 0.2) is 5.13 Å². The van der Waals surface area contributed by atoms with Crippen LogP contribution in [-0.4, -0.2) is 29.2 Å². The third kappa shape index (κ3) is 4.72. The number of carbonyl (C=O) groups excluding carboxylic acids is 1. The highest BCUT2D eigenvalue weighted by Gasteiger charge is 2.22. The van der Waals surface area contributed by atoms with E-state index in [4.69, 9.17) is 0 Å². The van der Waals surface area contributed by atoms with Crippen molar-refractivity contribution in [2.45, 2.75) is 15.5 Å². The molecule has 0 saturated carbocycles. The summed E-state index contributed by atoms with van der Waals surface area (Å²) in [5.41, 5.74) is 1.35. The first-order valence-corrected chi connectivity index (χ1v) is 12.3. The maximum Gasteiger partial charge on any atom is 0.269 e. The Morgan fingerprint density at radius 2 is 1.81 bits per heavy atom. The number of hydrogen-bond acceptors (Lipinski definition) is 9. The van der Waals surface area contributed by atoms with Gasteiger partial charge in [-0.2, -0.15) is 0 Å². The molecule has 2 aromatic heterocycles. The number of nitrogens with one attached hydrogen (secondary N) is 1. The first kappa shape index (κ1) is 21.7. The molecule has 2 aromatic carbocycles. The maximum absolute atomic E-state index is 12.7. The number of rotatable bonds is 7. The van der Waals surface area contributed by atoms with Crippen molar-refractivity contribution >= 4 is 49.2 Å². The van der Waals surface area contributed by atoms with Gasteiger partial charge < -0.3 is 5.32 Å². The Balaban J connectivity index is 1.43. The van der Waals surface area contributed by atoms with Gasteiger partial charge in [-0.25, -0.2) is 18.4 Å². The van der Waals surface area contributed by atoms with Crippen molar-refractivity contribution in [3.8, 4) is 10.6 Å². The van der Waals surface area contributed by atoms with Crippen molar-refractivity contribution < 1.29 is 18.1 Å². The standard InChI is InChI=1S/C20H14N4O5S3/c25-17(10-14-12-30-19(22-14)13-4-2-1-3-5-13)23-20-21-11-18(31-20)32(28,29)16-8-6-15(7-9-16)24(26)27/h1-9,11-12H,10H2,(H,21,23,25). The van der Waals surface area contributed by atoms with Crippen LogP contribution in [0.3, 0.4) is 0 Å². The Kier molecular flexibility index (Phi) is 6.08. The molecule has 32 heavy (non-hydrogen) atoms. The zero-order valence-electron chi connectivity index (χ0n) is 16.2. The number of nitro benzene ring substituents is 1. The molecule has 0 saturated heterocycles. The van der Waals surface area contributed by atoms with Crippen molar-refractivity contribution in [2.75, 3.05) is 5.32 Å². The lowest BCUT2D eigenvalue weighted by Gasteiger charge is -2.01. The van der Waals surface area contributed by atoms with Gasteiger partial charge in [-0.3, -0.25) is 14.9 Å². The number of nitrogens with zero attached hydrogens (tertiary/aromatic N) is 3. The molecular formula is C20H14N4O5S3. The second-order valence-corrected chi connectivity index (χ2v) is 10.5. The summed E-state index contributed by atoms with van der Waals surface area (Å²) in [4.78, 5) is 30.8. The summed E-state index contributed by atoms with van der Waals surface area (Å²) < 4.78 is 25.4. The summed E-state index contributed by atoms with van der Waals surface area (Å²) in [6, 6.07) is 14.2. The van der Waals surface area contributed by atoms with Gasteiger partial charge in [0.25, 0.3) is 5.69 Å². The summed E-state index contributed by atoms with van der Waals surface area (Å²) in [6.07, 6.45) is 1.17. The molecule has 0 radical (unpaired) electrons. The maximum atomic E-state index is 12.7. The Bertz CT molecular complexity index is 1380. The van der Waals surface area contributed by atoms with E-state index in [0.717, 1.165) is 52.4 Å². The van der Waals surface area contributed by atoms with E-state index in [1.54, 1.807) is 5.38 Å². The van der Waals surface area contributed by atoms with E-state index in [1.807, 2.05) is 30.3 Å². The van der Waals surface area contributed by atoms with Gasteiger partial charge in [-0.1, -0.05) is 41.7 Å². The zero-order valence-corrected chi connectivity index (χ0v) is 18.6. The minimum absolute atomic E-state index is 0.0212. The lowest BCUT2D eigenvalue weighted by atomic mass is 10.2. The molecule has 4 rings (SSSR count). The fraction of sp³-hybridized carbons (Fsp3) is 0.0500. The third-order valence-corrected chi connectivity index (χ3v) is 8.35. The molecule has 9 nitrogen and oxygen atoms in total. The molecule has 162 valence electrons. The van der Waals surface area contributed by atoms with Crippen molar-refractivity contribution in [3.05, 3.63) is 82.0 Å². The number of benzene rings is 2. The van der Waals surface area contributed by atoms with E-state index in [0.29, 0.717) is 5.69 Å². The number of carbonyl (C=O) groups is 1. The molecule has 0 aliphatic heterocycles. The van der Waals surface area contributed by atoms with E-state index in [9.17, 15) is 23.3 Å². The minimum Gasteiger partial charge on any atom is -0.302 e. The van der Waals surface area contributed by atoms with E-state index < -0.39 is 14.8 Å². The van der Waals surface area contributed by atoms with Crippen LogP contribution < -0.4 is 5.32 Å². The molecule has 0 aliphatic carbocycles. The smallest absolute Gasteiger partial charge is 0.269 e. The number of aromatic nitrogens is 2. The molecule has 12 heteroatoms. The number of amides is 1. The van der Waals surface area contributed by atoms with E-state index in [2.05, 4.69) is 15.3 Å². The molecule has 0 bridgehead atoms. The van der Waals surface area contributed by atoms with Crippen LogP contribution in [0.2, 0.25) is 0 Å². The van der Waals surface area contributed by atoms with Crippen molar-refractivity contribution in [2.24, 2.45) is 0 Å². The lowest BCUT2D eigenvalue weighted by molar-refractivity contribution is -0.384. The van der Waals surface area contributed by atoms with Crippen LogP contribution in [0.4, 0.5) is 10.8 Å². The Labute approximate surface area is 190 Å². The Hall–Kier alpha value is -3.48. The first-order chi connectivity index (χ1) is 15.3. The summed E-state index contributed by atoms with van der Waals surface area (Å²) >= 11 is 2.24. The second kappa shape index (κ2) is 8.94. The summed E-state index contributed by atoms with van der Waals surface area (Å²) in [7, 11) is -3.91. The fourth-order valence-electron chi connectivity index (χ4n) is 2.73. The fourth-order valence-corrected chi connectivity index (χ4v) is 6.01. The van der Waals surface area contributed by atoms with Crippen molar-refractivity contribution in [1.29, 1.82) is 0 Å². The highest BCUT2D eigenvalue weighted by Crippen LogP contribution is 2.30. The minimum atomic E-state index is -3.91. The normalized spacial score (nSPS) is 11.2. The monoisotopic (exact) mass is 486 g/mol. The van der Waals surface area contributed by atoms with Crippen LogP contribution in [0.5, 0.6) is 0 Å². The number of hydrogen-bond donors (Lipinski definition) is 1. The van der Waals surface area contributed by atoms with Gasteiger partial charge in [0.1, 0.15) is 9.22 Å². The number of anilines is 1. The van der Waals surface area contributed by atoms with Crippen LogP contribution in [0.1, 0.15) is 5.69 Å². The summed E-state index contributed by atoms with van der Waals surface area (Å²) in [5.74, 6) is -0.372. The molecule has 0 unspecified atom stereocenters. The third-order valence-electron chi connectivity index (χ3n) is 4.27. The molecule has 0 atom stereocenters. The second-order valence-electron chi connectivity index (χ2n) is 6.47. The highest BCUT2D eigenvalue weighted by atomic mass is 32.2. The van der Waals surface area contributed by atoms with Gasteiger partial charge in [-0.15, -0.1) is 11.3 Å². The van der Waals surface area contributed by atoms with Crippen LogP contribution in [0, 0.1) is 10.1 Å². The lowest BCUT2D eigenvalue weighted by Crippen LogP contribution is -2.14. The molecule has 1 N–H and O–H groups in total. The number of sulfone groups is 1. The molecule has 0 spiro atoms. The molecule has 1 amide bonds. The van der Waals surface area contributed by atoms with Gasteiger partial charge in [0.2, 0.25) is 15.7 Å². The highest BCUT2D eigenvalue weighted by molar-refractivity contribution is 7.93. The quantitative estimate of drug-likeness (QED) is 0.306. The molecule has 0 fully saturated rings. The zero-order chi connectivity index (χ0) is 22.7. The van der Waals surface area contributed by atoms with Gasteiger partial charge >= 0.3 is 0 Å². The van der Waals surface area contributed by atoms with Crippen LogP contribution in [0.25, 0.3) is 10.6 Å². The van der Waals surface area contributed by atoms with Crippen molar-refractivity contribution in [3.63, 3.8) is 0 Å². The molecular weight excluding hydrogens is 472 g/mol. The van der Waals surface area contributed by atoms with E-state index in [1.165, 1.54) is 11.3 Å². The van der Waals surface area contributed by atoms with E-state index >= 15 is 0 Å². The summed E-state index contributed by atoms with van der Waals surface area (Å²) in [5, 5.41) is 16.1. The average molecular weight is 487 g/mol. The van der Waals surface area contributed by atoms with Crippen LogP contribution in [-0.2, 0) is 21.1 Å². The molecule has 2 heterocycles. The predicted octanol–water partition coefficient (Wildman–Crippen LogP) is 4.19. The summed E-state index contributed by atoms with van der Waals surface area (Å²) in [6.45, 7) is 0. The SMILES string of the molecule is O=C(Cc1csc(-c2ccccc2)n1)Nc1ncc(S(=O)(=O)c2ccc([N+](=O)[O-])cc2)s1. The topological polar surface area (TPSA) is 132 Å². The van der Waals surface area contributed by atoms with Crippen LogP contribution in [0.15, 0.2) is 75.3 Å². The number of thiazole rings is 2. The molecule has 4 aromatic rings. The van der Waals surface area contributed by atoms with Gasteiger partial charge in [0, 0.05) is 23.1 Å². The molecule has 0 aliphatic rings. The largest absolute Gasteiger partial charge is 0.302 e.